The van der Waals surface area contributed by atoms with E-state index in [4.69, 9.17) is 4.74 Å². The van der Waals surface area contributed by atoms with Gasteiger partial charge in [-0.2, -0.15) is 4.39 Å². The molecule has 3 heteroatoms. The van der Waals surface area contributed by atoms with Crippen LogP contribution in [0.2, 0.25) is 0 Å². The van der Waals surface area contributed by atoms with Gasteiger partial charge in [0.25, 0.3) is 0 Å². The SMILES string of the molecule is CCCCC1(CC)OCCc2sc(F)cc21. The van der Waals surface area contributed by atoms with E-state index in [2.05, 4.69) is 13.8 Å². The second-order valence-electron chi connectivity index (χ2n) is 4.44. The normalized spacial score (nSPS) is 24.4. The van der Waals surface area contributed by atoms with Crippen molar-refractivity contribution in [1.29, 1.82) is 0 Å². The van der Waals surface area contributed by atoms with E-state index in [0.717, 1.165) is 44.3 Å². The first kappa shape index (κ1) is 12.1. The number of rotatable bonds is 4. The third kappa shape index (κ3) is 2.03. The van der Waals surface area contributed by atoms with Crippen molar-refractivity contribution in [2.24, 2.45) is 0 Å². The van der Waals surface area contributed by atoms with Crippen molar-refractivity contribution in [3.05, 3.63) is 21.6 Å². The van der Waals surface area contributed by atoms with Gasteiger partial charge < -0.3 is 4.74 Å². The number of fused-ring (bicyclic) bond motifs is 1. The van der Waals surface area contributed by atoms with Crippen molar-refractivity contribution in [1.82, 2.24) is 0 Å². The lowest BCUT2D eigenvalue weighted by Crippen LogP contribution is -2.34. The molecular formula is C13H19FOS. The van der Waals surface area contributed by atoms with Crippen LogP contribution in [0, 0.1) is 5.13 Å². The maximum atomic E-state index is 13.4. The van der Waals surface area contributed by atoms with Gasteiger partial charge in [0.1, 0.15) is 0 Å². The Morgan fingerprint density at radius 3 is 3.00 bits per heavy atom. The molecule has 0 bridgehead atoms. The molecule has 1 atom stereocenters. The predicted octanol–water partition coefficient (Wildman–Crippen LogP) is 4.26. The largest absolute Gasteiger partial charge is 0.370 e. The highest BCUT2D eigenvalue weighted by Crippen LogP contribution is 2.43. The molecule has 1 nitrogen and oxygen atoms in total. The van der Waals surface area contributed by atoms with Crippen LogP contribution in [-0.2, 0) is 16.8 Å². The number of hydrogen-bond acceptors (Lipinski definition) is 2. The molecular weight excluding hydrogens is 223 g/mol. The van der Waals surface area contributed by atoms with Crippen molar-refractivity contribution in [2.75, 3.05) is 6.61 Å². The molecule has 0 spiro atoms. The van der Waals surface area contributed by atoms with Crippen molar-refractivity contribution in [2.45, 2.75) is 51.6 Å². The molecule has 1 aromatic heterocycles. The molecule has 16 heavy (non-hydrogen) atoms. The van der Waals surface area contributed by atoms with E-state index < -0.39 is 0 Å². The highest BCUT2D eigenvalue weighted by atomic mass is 32.1. The smallest absolute Gasteiger partial charge is 0.177 e. The molecule has 0 aromatic carbocycles. The Labute approximate surface area is 101 Å². The Kier molecular flexibility index (Phi) is 3.65. The van der Waals surface area contributed by atoms with E-state index in [9.17, 15) is 4.39 Å². The molecule has 1 unspecified atom stereocenters. The summed E-state index contributed by atoms with van der Waals surface area (Å²) in [5.74, 6) is 0. The molecule has 0 radical (unpaired) electrons. The molecule has 0 saturated heterocycles. The summed E-state index contributed by atoms with van der Waals surface area (Å²) in [6, 6.07) is 1.69. The number of hydrogen-bond donors (Lipinski definition) is 0. The van der Waals surface area contributed by atoms with Crippen LogP contribution in [-0.4, -0.2) is 6.61 Å². The average molecular weight is 242 g/mol. The van der Waals surface area contributed by atoms with Crippen LogP contribution in [0.5, 0.6) is 0 Å². The lowest BCUT2D eigenvalue weighted by molar-refractivity contribution is -0.0698. The fraction of sp³-hybridized carbons (Fsp3) is 0.692. The number of unbranched alkanes of at least 4 members (excludes halogenated alkanes) is 1. The van der Waals surface area contributed by atoms with Gasteiger partial charge in [-0.3, -0.25) is 0 Å². The third-order valence-electron chi connectivity index (χ3n) is 3.48. The average Bonchev–Trinajstić information content (AvgIpc) is 2.67. The third-order valence-corrected chi connectivity index (χ3v) is 4.47. The second kappa shape index (κ2) is 4.84. The summed E-state index contributed by atoms with van der Waals surface area (Å²) in [5, 5.41) is -0.0650. The summed E-state index contributed by atoms with van der Waals surface area (Å²) < 4.78 is 19.4. The Balaban J connectivity index is 2.32. The molecule has 1 aliphatic rings. The van der Waals surface area contributed by atoms with Crippen molar-refractivity contribution < 1.29 is 9.13 Å². The Morgan fingerprint density at radius 1 is 1.50 bits per heavy atom. The molecule has 1 aliphatic heterocycles. The number of halogens is 1. The van der Waals surface area contributed by atoms with E-state index in [1.165, 1.54) is 16.2 Å². The van der Waals surface area contributed by atoms with Gasteiger partial charge in [0.05, 0.1) is 12.2 Å². The van der Waals surface area contributed by atoms with Gasteiger partial charge in [0.2, 0.25) is 0 Å². The van der Waals surface area contributed by atoms with Crippen molar-refractivity contribution >= 4 is 11.3 Å². The van der Waals surface area contributed by atoms with E-state index in [1.54, 1.807) is 6.07 Å². The Morgan fingerprint density at radius 2 is 2.31 bits per heavy atom. The van der Waals surface area contributed by atoms with Crippen LogP contribution < -0.4 is 0 Å². The van der Waals surface area contributed by atoms with Crippen LogP contribution in [0.1, 0.15) is 50.0 Å². The summed E-state index contributed by atoms with van der Waals surface area (Å²) in [4.78, 5) is 1.20. The van der Waals surface area contributed by atoms with Gasteiger partial charge in [-0.05, 0) is 18.9 Å². The quantitative estimate of drug-likeness (QED) is 0.766. The predicted molar refractivity (Wildman–Crippen MR) is 65.4 cm³/mol. The van der Waals surface area contributed by atoms with Crippen LogP contribution in [0.4, 0.5) is 4.39 Å². The zero-order chi connectivity index (χ0) is 11.6. The maximum absolute atomic E-state index is 13.4. The molecule has 0 N–H and O–H groups in total. The molecule has 0 saturated carbocycles. The van der Waals surface area contributed by atoms with Gasteiger partial charge in [-0.1, -0.05) is 26.7 Å². The lowest BCUT2D eigenvalue weighted by Gasteiger charge is -2.37. The molecule has 2 heterocycles. The van der Waals surface area contributed by atoms with Crippen LogP contribution in [0.3, 0.4) is 0 Å². The fourth-order valence-corrected chi connectivity index (χ4v) is 3.48. The van der Waals surface area contributed by atoms with Crippen LogP contribution in [0.15, 0.2) is 6.07 Å². The minimum absolute atomic E-state index is 0.0650. The van der Waals surface area contributed by atoms with E-state index in [-0.39, 0.29) is 10.7 Å². The highest BCUT2D eigenvalue weighted by molar-refractivity contribution is 7.10. The maximum Gasteiger partial charge on any atom is 0.177 e. The number of thiophene rings is 1. The van der Waals surface area contributed by atoms with Gasteiger partial charge in [-0.15, -0.1) is 11.3 Å². The summed E-state index contributed by atoms with van der Waals surface area (Å²) in [6.07, 6.45) is 5.13. The summed E-state index contributed by atoms with van der Waals surface area (Å²) >= 11 is 1.29. The standard InChI is InChI=1S/C13H19FOS/c1-3-5-7-13(4-2)10-9-12(14)16-11(10)6-8-15-13/h9H,3-8H2,1-2H3. The Hall–Kier alpha value is -0.410. The van der Waals surface area contributed by atoms with Gasteiger partial charge >= 0.3 is 0 Å². The number of ether oxygens (including phenoxy) is 1. The van der Waals surface area contributed by atoms with Crippen molar-refractivity contribution in [3.63, 3.8) is 0 Å². The first-order chi connectivity index (χ1) is 7.72. The monoisotopic (exact) mass is 242 g/mol. The molecule has 1 aromatic rings. The fourth-order valence-electron chi connectivity index (χ4n) is 2.52. The topological polar surface area (TPSA) is 9.23 Å². The van der Waals surface area contributed by atoms with Crippen molar-refractivity contribution in [3.8, 4) is 0 Å². The Bertz CT molecular complexity index is 361. The minimum Gasteiger partial charge on any atom is -0.370 e. The molecule has 0 aliphatic carbocycles. The van der Waals surface area contributed by atoms with Crippen LogP contribution >= 0.6 is 11.3 Å². The molecule has 2 rings (SSSR count). The first-order valence-electron chi connectivity index (χ1n) is 6.14. The van der Waals surface area contributed by atoms with Gasteiger partial charge in [-0.25, -0.2) is 0 Å². The first-order valence-corrected chi connectivity index (χ1v) is 6.96. The highest BCUT2D eigenvalue weighted by Gasteiger charge is 2.37. The van der Waals surface area contributed by atoms with E-state index in [1.807, 2.05) is 0 Å². The van der Waals surface area contributed by atoms with E-state index >= 15 is 0 Å². The molecule has 90 valence electrons. The summed E-state index contributed by atoms with van der Waals surface area (Å²) in [6.45, 7) is 5.06. The molecule has 0 amide bonds. The lowest BCUT2D eigenvalue weighted by atomic mass is 9.84. The second-order valence-corrected chi connectivity index (χ2v) is 5.52. The van der Waals surface area contributed by atoms with E-state index in [0.29, 0.717) is 0 Å². The zero-order valence-corrected chi connectivity index (χ0v) is 10.8. The molecule has 0 fully saturated rings. The summed E-state index contributed by atoms with van der Waals surface area (Å²) in [5.41, 5.74) is 0.918. The summed E-state index contributed by atoms with van der Waals surface area (Å²) in [7, 11) is 0. The van der Waals surface area contributed by atoms with Gasteiger partial charge in [0, 0.05) is 16.9 Å². The zero-order valence-electron chi connectivity index (χ0n) is 10.0. The minimum atomic E-state index is -0.204. The van der Waals surface area contributed by atoms with Crippen LogP contribution in [0.25, 0.3) is 0 Å². The van der Waals surface area contributed by atoms with Gasteiger partial charge in [0.15, 0.2) is 5.13 Å².